The van der Waals surface area contributed by atoms with Crippen LogP contribution in [0.25, 0.3) is 11.5 Å². The summed E-state index contributed by atoms with van der Waals surface area (Å²) in [5.41, 5.74) is 1.35. The van der Waals surface area contributed by atoms with Crippen molar-refractivity contribution in [3.8, 4) is 17.5 Å². The molecule has 5 aliphatic carbocycles. The highest BCUT2D eigenvalue weighted by Gasteiger charge is 2.53. The molecule has 9 nitrogen and oxygen atoms in total. The largest absolute Gasteiger partial charge is 0.449 e. The van der Waals surface area contributed by atoms with Gasteiger partial charge in [0.25, 0.3) is 5.89 Å². The van der Waals surface area contributed by atoms with Gasteiger partial charge in [-0.25, -0.2) is 8.78 Å². The fourth-order valence-electron chi connectivity index (χ4n) is 7.41. The Morgan fingerprint density at radius 1 is 1.02 bits per heavy atom. The van der Waals surface area contributed by atoms with Gasteiger partial charge in [-0.2, -0.15) is 4.98 Å². The molecule has 11 heteroatoms. The maximum atomic E-state index is 14.0. The molecule has 0 atom stereocenters. The maximum absolute atomic E-state index is 14.0. The van der Waals surface area contributed by atoms with Gasteiger partial charge < -0.3 is 18.6 Å². The van der Waals surface area contributed by atoms with Crippen LogP contribution in [0.4, 0.5) is 14.5 Å². The number of rotatable bonds is 10. The minimum absolute atomic E-state index is 0.0179. The SMILES string of the molecule is CCOc1nnc(-c2cccc(N(CC34CCC(c5nc(C6CC6)no5)(CC3)CC4)C(=O)CC3CCC(F)(F)CC3)c2)o1. The number of alkyl halides is 2. The third kappa shape index (κ3) is 5.79. The molecule has 230 valence electrons. The van der Waals surface area contributed by atoms with E-state index < -0.39 is 5.92 Å². The molecule has 0 saturated heterocycles. The number of anilines is 1. The van der Waals surface area contributed by atoms with Crippen molar-refractivity contribution in [1.29, 1.82) is 0 Å². The molecule has 0 aliphatic heterocycles. The molecule has 2 heterocycles. The first-order valence-electron chi connectivity index (χ1n) is 15.8. The molecule has 1 aromatic carbocycles. The monoisotopic (exact) mass is 595 g/mol. The third-order valence-electron chi connectivity index (χ3n) is 10.4. The lowest BCUT2D eigenvalue weighted by Gasteiger charge is -2.53. The molecule has 3 aromatic rings. The highest BCUT2D eigenvalue weighted by atomic mass is 19.3. The summed E-state index contributed by atoms with van der Waals surface area (Å²) in [6, 6.07) is 7.59. The van der Waals surface area contributed by atoms with E-state index in [9.17, 15) is 13.6 Å². The van der Waals surface area contributed by atoms with Gasteiger partial charge in [0, 0.05) is 48.4 Å². The smallest absolute Gasteiger partial charge is 0.414 e. The van der Waals surface area contributed by atoms with Gasteiger partial charge >= 0.3 is 6.08 Å². The molecule has 0 N–H and O–H groups in total. The van der Waals surface area contributed by atoms with Gasteiger partial charge in [-0.05, 0) is 101 Å². The van der Waals surface area contributed by atoms with Crippen molar-refractivity contribution >= 4 is 11.6 Å². The summed E-state index contributed by atoms with van der Waals surface area (Å²) in [7, 11) is 0. The highest BCUT2D eigenvalue weighted by molar-refractivity contribution is 5.94. The number of carbonyl (C=O) groups excluding carboxylic acids is 1. The number of amides is 1. The zero-order valence-corrected chi connectivity index (χ0v) is 24.7. The molecule has 5 aliphatic rings. The van der Waals surface area contributed by atoms with Crippen molar-refractivity contribution < 1.29 is 27.3 Å². The quantitative estimate of drug-likeness (QED) is 0.241. The van der Waals surface area contributed by atoms with Crippen molar-refractivity contribution in [2.75, 3.05) is 18.1 Å². The normalized spacial score (nSPS) is 26.9. The van der Waals surface area contributed by atoms with Crippen LogP contribution in [0.1, 0.15) is 108 Å². The number of carbonyl (C=O) groups is 1. The maximum Gasteiger partial charge on any atom is 0.414 e. The Morgan fingerprint density at radius 2 is 1.77 bits per heavy atom. The Morgan fingerprint density at radius 3 is 2.47 bits per heavy atom. The molecule has 1 amide bonds. The number of aromatic nitrogens is 4. The summed E-state index contributed by atoms with van der Waals surface area (Å²) >= 11 is 0. The fraction of sp³-hybridized carbons (Fsp3) is 0.656. The van der Waals surface area contributed by atoms with Crippen LogP contribution in [0.3, 0.4) is 0 Å². The van der Waals surface area contributed by atoms with Crippen molar-refractivity contribution in [1.82, 2.24) is 20.3 Å². The highest BCUT2D eigenvalue weighted by Crippen LogP contribution is 2.58. The van der Waals surface area contributed by atoms with Crippen LogP contribution in [-0.2, 0) is 10.2 Å². The Labute approximate surface area is 249 Å². The molecule has 43 heavy (non-hydrogen) atoms. The zero-order valence-electron chi connectivity index (χ0n) is 24.7. The minimum atomic E-state index is -2.62. The molecule has 5 fully saturated rings. The van der Waals surface area contributed by atoms with Gasteiger partial charge in [-0.1, -0.05) is 16.3 Å². The summed E-state index contributed by atoms with van der Waals surface area (Å²) in [5.74, 6) is -0.244. The number of fused-ring (bicyclic) bond motifs is 3. The lowest BCUT2D eigenvalue weighted by atomic mass is 9.53. The van der Waals surface area contributed by atoms with Gasteiger partial charge in [0.1, 0.15) is 0 Å². The summed E-state index contributed by atoms with van der Waals surface area (Å²) in [4.78, 5) is 20.8. The molecule has 0 spiro atoms. The van der Waals surface area contributed by atoms with Gasteiger partial charge in [0.2, 0.25) is 17.7 Å². The van der Waals surface area contributed by atoms with E-state index in [1.165, 1.54) is 0 Å². The molecule has 0 unspecified atom stereocenters. The van der Waals surface area contributed by atoms with Crippen molar-refractivity contribution in [2.24, 2.45) is 11.3 Å². The molecule has 8 rings (SSSR count). The second-order valence-corrected chi connectivity index (χ2v) is 13.4. The van der Waals surface area contributed by atoms with E-state index in [0.29, 0.717) is 43.4 Å². The van der Waals surface area contributed by atoms with Crippen LogP contribution >= 0.6 is 0 Å². The van der Waals surface area contributed by atoms with Crippen molar-refractivity contribution in [2.45, 2.75) is 108 Å². The number of nitrogens with zero attached hydrogens (tertiary/aromatic N) is 5. The predicted molar refractivity (Wildman–Crippen MR) is 153 cm³/mol. The molecular formula is C32H39F2N5O4. The first-order valence-corrected chi connectivity index (χ1v) is 15.8. The lowest BCUT2D eigenvalue weighted by molar-refractivity contribution is -0.121. The minimum Gasteiger partial charge on any atom is -0.449 e. The first-order chi connectivity index (χ1) is 20.8. The molecular weight excluding hydrogens is 556 g/mol. The summed E-state index contributed by atoms with van der Waals surface area (Å²) in [6.07, 6.45) is 8.87. The predicted octanol–water partition coefficient (Wildman–Crippen LogP) is 7.24. The summed E-state index contributed by atoms with van der Waals surface area (Å²) in [6.45, 7) is 2.84. The average molecular weight is 596 g/mol. The number of halogens is 2. The van der Waals surface area contributed by atoms with E-state index in [1.54, 1.807) is 0 Å². The van der Waals surface area contributed by atoms with Crippen LogP contribution in [0.15, 0.2) is 33.2 Å². The van der Waals surface area contributed by atoms with Gasteiger partial charge in [-0.3, -0.25) is 4.79 Å². The second kappa shape index (κ2) is 11.0. The van der Waals surface area contributed by atoms with E-state index in [0.717, 1.165) is 68.8 Å². The molecule has 2 bridgehead atoms. The van der Waals surface area contributed by atoms with Crippen LogP contribution in [0.2, 0.25) is 0 Å². The Kier molecular flexibility index (Phi) is 7.24. The first kappa shape index (κ1) is 28.4. The van der Waals surface area contributed by atoms with E-state index in [-0.39, 0.29) is 48.0 Å². The lowest BCUT2D eigenvalue weighted by Crippen LogP contribution is -2.51. The van der Waals surface area contributed by atoms with E-state index in [1.807, 2.05) is 36.1 Å². The standard InChI is InChI=1S/C32H39F2N5O4/c1-2-41-29-37-36-27(42-29)23-4-3-5-24(19-23)39(25(40)18-21-8-10-32(33,34)11-9-21)20-30-12-15-31(16-13-30,17-14-30)28-35-26(38-43-28)22-6-7-22/h3-5,19,21-22H,2,6-18,20H2,1H3. The Hall–Kier alpha value is -3.37. The van der Waals surface area contributed by atoms with Gasteiger partial charge in [-0.15, -0.1) is 5.10 Å². The number of benzene rings is 1. The summed E-state index contributed by atoms with van der Waals surface area (Å²) < 4.78 is 44.6. The fourth-order valence-corrected chi connectivity index (χ4v) is 7.41. The van der Waals surface area contributed by atoms with Crippen LogP contribution in [0.5, 0.6) is 6.08 Å². The number of hydrogen-bond donors (Lipinski definition) is 0. The average Bonchev–Trinajstić information content (AvgIpc) is 3.54. The zero-order chi connectivity index (χ0) is 29.7. The van der Waals surface area contributed by atoms with E-state index in [2.05, 4.69) is 15.4 Å². The Bertz CT molecular complexity index is 1430. The second-order valence-electron chi connectivity index (χ2n) is 13.4. The summed E-state index contributed by atoms with van der Waals surface area (Å²) in [5, 5.41) is 12.4. The van der Waals surface area contributed by atoms with Crippen molar-refractivity contribution in [3.63, 3.8) is 0 Å². The number of hydrogen-bond acceptors (Lipinski definition) is 8. The number of ether oxygens (including phenoxy) is 1. The van der Waals surface area contributed by atoms with E-state index in [4.69, 9.17) is 18.7 Å². The molecule has 2 aromatic heterocycles. The Balaban J connectivity index is 1.12. The van der Waals surface area contributed by atoms with E-state index >= 15 is 0 Å². The topological polar surface area (TPSA) is 107 Å². The molecule has 5 saturated carbocycles. The van der Waals surface area contributed by atoms with Gasteiger partial charge in [0.15, 0.2) is 5.82 Å². The van der Waals surface area contributed by atoms with Crippen LogP contribution in [-0.4, -0.2) is 45.3 Å². The van der Waals surface area contributed by atoms with Crippen LogP contribution in [0, 0.1) is 11.3 Å². The third-order valence-corrected chi connectivity index (χ3v) is 10.4. The van der Waals surface area contributed by atoms with Crippen LogP contribution < -0.4 is 9.64 Å². The van der Waals surface area contributed by atoms with Gasteiger partial charge in [0.05, 0.1) is 6.61 Å². The van der Waals surface area contributed by atoms with Crippen molar-refractivity contribution in [3.05, 3.63) is 36.0 Å². The molecule has 0 radical (unpaired) electrons.